The van der Waals surface area contributed by atoms with Gasteiger partial charge in [0.25, 0.3) is 0 Å². The van der Waals surface area contributed by atoms with Gasteiger partial charge in [-0.2, -0.15) is 22.5 Å². The van der Waals surface area contributed by atoms with Crippen LogP contribution in [-0.4, -0.2) is 57.7 Å². The average Bonchev–Trinajstić information content (AvgIpc) is 3.40. The van der Waals surface area contributed by atoms with E-state index in [0.717, 1.165) is 37.6 Å². The fourth-order valence-electron chi connectivity index (χ4n) is 5.61. The molecule has 2 bridgehead atoms. The van der Waals surface area contributed by atoms with E-state index in [0.29, 0.717) is 23.9 Å². The van der Waals surface area contributed by atoms with Crippen LogP contribution < -0.4 is 20.7 Å². The van der Waals surface area contributed by atoms with Gasteiger partial charge < -0.3 is 25.2 Å². The molecule has 218 valence electrons. The van der Waals surface area contributed by atoms with Crippen molar-refractivity contribution >= 4 is 22.4 Å². The number of carbonyl (C=O) groups is 1. The molecule has 3 fully saturated rings. The van der Waals surface area contributed by atoms with E-state index in [1.807, 2.05) is 0 Å². The summed E-state index contributed by atoms with van der Waals surface area (Å²) in [6.45, 7) is 1.41. The van der Waals surface area contributed by atoms with Crippen molar-refractivity contribution in [3.63, 3.8) is 0 Å². The molecule has 1 aliphatic carbocycles. The highest BCUT2D eigenvalue weighted by molar-refractivity contribution is 7.85. The van der Waals surface area contributed by atoms with Gasteiger partial charge in [-0.3, -0.25) is 9.00 Å². The Morgan fingerprint density at radius 3 is 2.63 bits per heavy atom. The lowest BCUT2D eigenvalue weighted by atomic mass is 9.59. The Labute approximate surface area is 232 Å². The number of nitrogens with zero attached hydrogens (tertiary/aromatic N) is 3. The first-order chi connectivity index (χ1) is 19.5. The molecule has 0 spiro atoms. The highest BCUT2D eigenvalue weighted by Crippen LogP contribution is 2.49. The Balaban J connectivity index is 1.33. The van der Waals surface area contributed by atoms with Crippen LogP contribution >= 0.6 is 0 Å². The fraction of sp³-hybridized carbons (Fsp3) is 0.423. The molecule has 1 saturated carbocycles. The first-order valence-electron chi connectivity index (χ1n) is 12.7. The van der Waals surface area contributed by atoms with Crippen LogP contribution in [0.25, 0.3) is 11.4 Å². The van der Waals surface area contributed by atoms with Gasteiger partial charge in [-0.1, -0.05) is 17.3 Å². The van der Waals surface area contributed by atoms with E-state index >= 15 is 4.39 Å². The summed E-state index contributed by atoms with van der Waals surface area (Å²) in [6.07, 6.45) is -6.93. The predicted molar refractivity (Wildman–Crippen MR) is 135 cm³/mol. The van der Waals surface area contributed by atoms with Crippen molar-refractivity contribution in [3.8, 4) is 17.1 Å². The maximum Gasteiger partial charge on any atom is 0.461 e. The van der Waals surface area contributed by atoms with Crippen LogP contribution in [0, 0.1) is 11.7 Å². The summed E-state index contributed by atoms with van der Waals surface area (Å²) in [6, 6.07) is 5.89. The van der Waals surface area contributed by atoms with Gasteiger partial charge >= 0.3 is 12.5 Å². The Bertz CT molecular complexity index is 1510. The van der Waals surface area contributed by atoms with Gasteiger partial charge in [0, 0.05) is 6.54 Å². The summed E-state index contributed by atoms with van der Waals surface area (Å²) >= 11 is 0. The maximum atomic E-state index is 15.4. The number of carbonyl (C=O) groups excluding carboxylic acids is 1. The molecule has 4 heterocycles. The quantitative estimate of drug-likeness (QED) is 0.398. The smallest absolute Gasteiger partial charge is 0.428 e. The van der Waals surface area contributed by atoms with Crippen LogP contribution in [0.1, 0.15) is 24.3 Å². The van der Waals surface area contributed by atoms with Gasteiger partial charge in [-0.25, -0.2) is 4.39 Å². The number of hydrogen-bond acceptors (Lipinski definition) is 8. The minimum atomic E-state index is -4.68. The highest BCUT2D eigenvalue weighted by Gasteiger charge is 2.52. The topological polar surface area (TPSA) is 124 Å². The molecular weight excluding hydrogens is 573 g/mol. The molecule has 4 aliphatic rings. The number of nitrogens with two attached hydrogens (primary N) is 1. The molecule has 2 atom stereocenters. The van der Waals surface area contributed by atoms with E-state index in [2.05, 4.69) is 20.2 Å². The number of fused-ring (bicyclic) bond motifs is 3. The lowest BCUT2D eigenvalue weighted by Crippen LogP contribution is -2.57. The normalized spacial score (nSPS) is 26.0. The summed E-state index contributed by atoms with van der Waals surface area (Å²) in [7, 11) is -1.83. The van der Waals surface area contributed by atoms with Crippen molar-refractivity contribution in [2.75, 3.05) is 23.7 Å². The van der Waals surface area contributed by atoms with E-state index in [9.17, 15) is 26.6 Å². The Morgan fingerprint density at radius 1 is 1.24 bits per heavy atom. The van der Waals surface area contributed by atoms with Crippen LogP contribution in [0.2, 0.25) is 0 Å². The Morgan fingerprint density at radius 2 is 1.98 bits per heavy atom. The number of piperidine rings is 2. The van der Waals surface area contributed by atoms with Gasteiger partial charge in [0.2, 0.25) is 17.6 Å². The number of halogens is 5. The van der Waals surface area contributed by atoms with E-state index in [1.54, 1.807) is 0 Å². The summed E-state index contributed by atoms with van der Waals surface area (Å²) in [5.41, 5.74) is 6.12. The van der Waals surface area contributed by atoms with Crippen LogP contribution in [0.5, 0.6) is 5.75 Å². The molecule has 3 aromatic rings. The summed E-state index contributed by atoms with van der Waals surface area (Å²) in [5.74, 6) is -1.26. The van der Waals surface area contributed by atoms with E-state index in [1.165, 1.54) is 23.1 Å². The Kier molecular flexibility index (Phi) is 6.85. The van der Waals surface area contributed by atoms with Crippen molar-refractivity contribution in [1.82, 2.24) is 15.5 Å². The number of hydrogen-bond donors (Lipinski definition) is 2. The van der Waals surface area contributed by atoms with E-state index in [-0.39, 0.29) is 39.7 Å². The maximum absolute atomic E-state index is 15.4. The number of nitrogens with one attached hydrogen (secondary N) is 1. The largest absolute Gasteiger partial charge is 0.461 e. The number of aromatic nitrogens is 2. The molecule has 2 saturated heterocycles. The summed E-state index contributed by atoms with van der Waals surface area (Å²) in [4.78, 5) is 19.0. The first kappa shape index (κ1) is 27.7. The number of anilines is 1. The van der Waals surface area contributed by atoms with Crippen LogP contribution in [0.3, 0.4) is 0 Å². The minimum Gasteiger partial charge on any atom is -0.428 e. The van der Waals surface area contributed by atoms with Crippen LogP contribution in [-0.2, 0) is 27.6 Å². The second kappa shape index (κ2) is 10.1. The third kappa shape index (κ3) is 4.99. The van der Waals surface area contributed by atoms with Gasteiger partial charge in [0.05, 0.1) is 50.7 Å². The molecule has 3 aliphatic heterocycles. The molecule has 0 radical (unpaired) electrons. The van der Waals surface area contributed by atoms with Crippen molar-refractivity contribution < 1.29 is 40.2 Å². The molecule has 15 heteroatoms. The van der Waals surface area contributed by atoms with Crippen molar-refractivity contribution in [1.29, 1.82) is 0 Å². The van der Waals surface area contributed by atoms with E-state index in [4.69, 9.17) is 10.3 Å². The number of alkyl halides is 4. The average molecular weight is 598 g/mol. The van der Waals surface area contributed by atoms with Crippen molar-refractivity contribution in [2.45, 2.75) is 48.3 Å². The summed E-state index contributed by atoms with van der Waals surface area (Å²) in [5, 5.41) is 7.32. The van der Waals surface area contributed by atoms with Gasteiger partial charge in [0.1, 0.15) is 11.6 Å². The standard InChI is InChI=1S/C26H24F5N5O4S/c27-17-6-20-19(5-16(17)21-34-24(40-35-21)25-7-14(8-25)9-33-12-25)36(22(37)18(32)11-41(20)38)10-13-1-3-15(4-2-13)39-26(30,31)23(28)29/h1-6,14,18,23,33H,7-12,32H2/t14?,18-,25?,41?/m0/s1. The second-order valence-electron chi connectivity index (χ2n) is 10.6. The first-order valence-corrected chi connectivity index (χ1v) is 14.1. The third-order valence-electron chi connectivity index (χ3n) is 7.65. The SMILES string of the molecule is N[C@H]1CS(=O)c2cc(F)c(-c3noc(C45CNCC(C4)C5)n3)cc2N(Cc2ccc(OC(F)(F)C(F)F)cc2)C1=O. The number of benzene rings is 2. The van der Waals surface area contributed by atoms with Crippen LogP contribution in [0.15, 0.2) is 45.8 Å². The zero-order valence-corrected chi connectivity index (χ0v) is 22.1. The summed E-state index contributed by atoms with van der Waals surface area (Å²) < 4.78 is 89.5. The zero-order chi connectivity index (χ0) is 29.1. The van der Waals surface area contributed by atoms with Crippen molar-refractivity contribution in [3.05, 3.63) is 53.7 Å². The van der Waals surface area contributed by atoms with Gasteiger partial charge in [0.15, 0.2) is 0 Å². The van der Waals surface area contributed by atoms with Crippen molar-refractivity contribution in [2.24, 2.45) is 11.7 Å². The van der Waals surface area contributed by atoms with E-state index < -0.39 is 46.8 Å². The minimum absolute atomic E-state index is 0.0307. The van der Waals surface area contributed by atoms with Crippen LogP contribution in [0.4, 0.5) is 27.6 Å². The molecule has 2 aromatic carbocycles. The lowest BCUT2D eigenvalue weighted by molar-refractivity contribution is -0.253. The molecule has 1 aromatic heterocycles. The highest BCUT2D eigenvalue weighted by atomic mass is 32.2. The number of rotatable bonds is 7. The lowest BCUT2D eigenvalue weighted by Gasteiger charge is -2.50. The molecule has 3 N–H and O–H groups in total. The Hall–Kier alpha value is -3.43. The zero-order valence-electron chi connectivity index (χ0n) is 21.3. The molecular formula is C26H24F5N5O4S. The monoisotopic (exact) mass is 597 g/mol. The van der Waals surface area contributed by atoms with Gasteiger partial charge in [-0.05, 0) is 55.1 Å². The molecule has 1 amide bonds. The number of amides is 1. The molecule has 1 unspecified atom stereocenters. The predicted octanol–water partition coefficient (Wildman–Crippen LogP) is 3.35. The molecule has 7 rings (SSSR count). The third-order valence-corrected chi connectivity index (χ3v) is 9.13. The molecule has 41 heavy (non-hydrogen) atoms. The number of ether oxygens (including phenoxy) is 1. The second-order valence-corrected chi connectivity index (χ2v) is 12.0. The molecule has 9 nitrogen and oxygen atoms in total. The van der Waals surface area contributed by atoms with Gasteiger partial charge in [-0.15, -0.1) is 0 Å². The fourth-order valence-corrected chi connectivity index (χ4v) is 6.90.